The first-order chi connectivity index (χ1) is 6.50. The molecular formula is C8H9BrINO3. The van der Waals surface area contributed by atoms with Crippen LogP contribution >= 0.6 is 38.5 Å². The Morgan fingerprint density at radius 1 is 1.71 bits per heavy atom. The number of ether oxygens (including phenoxy) is 1. The SMILES string of the molecule is CC(O)COc1cc(I)nc(Br)c1O. The molecule has 1 aromatic rings. The van der Waals surface area contributed by atoms with Crippen LogP contribution in [0.3, 0.4) is 0 Å². The molecule has 78 valence electrons. The number of hydrogen-bond acceptors (Lipinski definition) is 4. The second-order valence-electron chi connectivity index (χ2n) is 2.74. The van der Waals surface area contributed by atoms with E-state index in [0.29, 0.717) is 14.1 Å². The summed E-state index contributed by atoms with van der Waals surface area (Å²) in [7, 11) is 0. The Morgan fingerprint density at radius 2 is 2.36 bits per heavy atom. The molecule has 0 saturated heterocycles. The standard InChI is InChI=1S/C8H9BrINO3/c1-4(12)3-14-5-2-6(10)11-8(9)7(5)13/h2,4,12-13H,3H2,1H3. The van der Waals surface area contributed by atoms with Crippen molar-refractivity contribution in [2.45, 2.75) is 13.0 Å². The Morgan fingerprint density at radius 3 is 2.93 bits per heavy atom. The molecule has 0 fully saturated rings. The van der Waals surface area contributed by atoms with E-state index in [9.17, 15) is 5.11 Å². The Labute approximate surface area is 104 Å². The molecule has 2 N–H and O–H groups in total. The Kier molecular flexibility index (Phi) is 4.39. The predicted molar refractivity (Wildman–Crippen MR) is 63.5 cm³/mol. The van der Waals surface area contributed by atoms with Crippen LogP contribution in [0.2, 0.25) is 0 Å². The monoisotopic (exact) mass is 373 g/mol. The lowest BCUT2D eigenvalue weighted by Crippen LogP contribution is -2.13. The quantitative estimate of drug-likeness (QED) is 0.627. The highest BCUT2D eigenvalue weighted by molar-refractivity contribution is 14.1. The number of aliphatic hydroxyl groups excluding tert-OH is 1. The van der Waals surface area contributed by atoms with Gasteiger partial charge < -0.3 is 14.9 Å². The summed E-state index contributed by atoms with van der Waals surface area (Å²) in [5.74, 6) is 0.267. The third-order valence-corrected chi connectivity index (χ3v) is 2.47. The van der Waals surface area contributed by atoms with Crippen LogP contribution in [0.4, 0.5) is 0 Å². The highest BCUT2D eigenvalue weighted by Gasteiger charge is 2.10. The smallest absolute Gasteiger partial charge is 0.191 e. The first-order valence-electron chi connectivity index (χ1n) is 3.86. The Hall–Kier alpha value is -0.0800. The van der Waals surface area contributed by atoms with Crippen molar-refractivity contribution in [1.82, 2.24) is 4.98 Å². The molecule has 6 heteroatoms. The zero-order valence-electron chi connectivity index (χ0n) is 7.37. The lowest BCUT2D eigenvalue weighted by molar-refractivity contribution is 0.120. The summed E-state index contributed by atoms with van der Waals surface area (Å²) in [5.41, 5.74) is 0. The fourth-order valence-corrected chi connectivity index (χ4v) is 2.02. The molecule has 1 rings (SSSR count). The van der Waals surface area contributed by atoms with Gasteiger partial charge >= 0.3 is 0 Å². The summed E-state index contributed by atoms with van der Waals surface area (Å²) >= 11 is 5.11. The van der Waals surface area contributed by atoms with Crippen molar-refractivity contribution < 1.29 is 14.9 Å². The van der Waals surface area contributed by atoms with Gasteiger partial charge in [-0.1, -0.05) is 0 Å². The van der Waals surface area contributed by atoms with Gasteiger partial charge in [0.15, 0.2) is 16.1 Å². The number of aromatic hydroxyl groups is 1. The van der Waals surface area contributed by atoms with Crippen LogP contribution in [0.25, 0.3) is 0 Å². The third-order valence-electron chi connectivity index (χ3n) is 1.36. The maximum atomic E-state index is 9.52. The summed E-state index contributed by atoms with van der Waals surface area (Å²) in [6.07, 6.45) is -0.570. The molecule has 1 aromatic heterocycles. The zero-order chi connectivity index (χ0) is 10.7. The average Bonchev–Trinajstić information content (AvgIpc) is 2.08. The summed E-state index contributed by atoms with van der Waals surface area (Å²) in [6.45, 7) is 1.75. The fourth-order valence-electron chi connectivity index (χ4n) is 0.778. The van der Waals surface area contributed by atoms with E-state index >= 15 is 0 Å². The van der Waals surface area contributed by atoms with Crippen molar-refractivity contribution in [1.29, 1.82) is 0 Å². The minimum Gasteiger partial charge on any atom is -0.502 e. The molecule has 0 radical (unpaired) electrons. The number of nitrogens with zero attached hydrogens (tertiary/aromatic N) is 1. The maximum absolute atomic E-state index is 9.52. The first-order valence-corrected chi connectivity index (χ1v) is 5.73. The van der Waals surface area contributed by atoms with Crippen LogP contribution < -0.4 is 4.74 Å². The van der Waals surface area contributed by atoms with Crippen molar-refractivity contribution in [3.05, 3.63) is 14.4 Å². The fraction of sp³-hybridized carbons (Fsp3) is 0.375. The van der Waals surface area contributed by atoms with Crippen LogP contribution in [-0.2, 0) is 0 Å². The number of hydrogen-bond donors (Lipinski definition) is 2. The molecule has 0 spiro atoms. The highest BCUT2D eigenvalue weighted by atomic mass is 127. The second kappa shape index (κ2) is 5.13. The van der Waals surface area contributed by atoms with Gasteiger partial charge in [-0.05, 0) is 45.4 Å². The zero-order valence-corrected chi connectivity index (χ0v) is 11.1. The Balaban J connectivity index is 2.85. The molecule has 0 saturated carbocycles. The van der Waals surface area contributed by atoms with Crippen LogP contribution in [0.15, 0.2) is 10.7 Å². The van der Waals surface area contributed by atoms with Crippen molar-refractivity contribution >= 4 is 38.5 Å². The van der Waals surface area contributed by atoms with Crippen molar-refractivity contribution in [3.8, 4) is 11.5 Å². The lowest BCUT2D eigenvalue weighted by atomic mass is 10.4. The van der Waals surface area contributed by atoms with Gasteiger partial charge in [0.1, 0.15) is 10.3 Å². The van der Waals surface area contributed by atoms with E-state index in [1.807, 2.05) is 22.6 Å². The molecule has 0 aliphatic rings. The van der Waals surface area contributed by atoms with Crippen molar-refractivity contribution in [3.63, 3.8) is 0 Å². The molecule has 0 aliphatic carbocycles. The van der Waals surface area contributed by atoms with Gasteiger partial charge in [-0.3, -0.25) is 0 Å². The molecule has 4 nitrogen and oxygen atoms in total. The van der Waals surface area contributed by atoms with E-state index < -0.39 is 6.10 Å². The molecule has 0 aliphatic heterocycles. The van der Waals surface area contributed by atoms with Gasteiger partial charge in [-0.2, -0.15) is 0 Å². The van der Waals surface area contributed by atoms with Crippen LogP contribution in [-0.4, -0.2) is 27.9 Å². The maximum Gasteiger partial charge on any atom is 0.191 e. The van der Waals surface area contributed by atoms with E-state index in [1.54, 1.807) is 13.0 Å². The number of pyridine rings is 1. The molecular weight excluding hydrogens is 365 g/mol. The molecule has 1 unspecified atom stereocenters. The minimum atomic E-state index is -0.570. The number of aliphatic hydroxyl groups is 1. The summed E-state index contributed by atoms with van der Waals surface area (Å²) in [6, 6.07) is 1.60. The first kappa shape index (κ1) is 12.0. The number of rotatable bonds is 3. The largest absolute Gasteiger partial charge is 0.502 e. The summed E-state index contributed by atoms with van der Waals surface area (Å²) in [5, 5.41) is 18.5. The normalized spacial score (nSPS) is 12.6. The third kappa shape index (κ3) is 3.25. The van der Waals surface area contributed by atoms with Gasteiger partial charge in [0.05, 0.1) is 6.10 Å². The lowest BCUT2D eigenvalue weighted by Gasteiger charge is -2.10. The van der Waals surface area contributed by atoms with Gasteiger partial charge in [0, 0.05) is 6.07 Å². The highest BCUT2D eigenvalue weighted by Crippen LogP contribution is 2.33. The van der Waals surface area contributed by atoms with Crippen molar-refractivity contribution in [2.24, 2.45) is 0 Å². The topological polar surface area (TPSA) is 62.6 Å². The number of halogens is 2. The second-order valence-corrected chi connectivity index (χ2v) is 4.60. The van der Waals surface area contributed by atoms with E-state index in [0.717, 1.165) is 0 Å². The van der Waals surface area contributed by atoms with Gasteiger partial charge in [0.25, 0.3) is 0 Å². The van der Waals surface area contributed by atoms with E-state index in [-0.39, 0.29) is 12.4 Å². The van der Waals surface area contributed by atoms with Crippen LogP contribution in [0.5, 0.6) is 11.5 Å². The van der Waals surface area contributed by atoms with E-state index in [1.165, 1.54) is 0 Å². The van der Waals surface area contributed by atoms with Crippen LogP contribution in [0.1, 0.15) is 6.92 Å². The Bertz CT molecular complexity index is 333. The van der Waals surface area contributed by atoms with Gasteiger partial charge in [-0.15, -0.1) is 0 Å². The molecule has 1 atom stereocenters. The minimum absolute atomic E-state index is 0.0499. The van der Waals surface area contributed by atoms with E-state index in [4.69, 9.17) is 9.84 Å². The summed E-state index contributed by atoms with van der Waals surface area (Å²) in [4.78, 5) is 3.97. The molecule has 14 heavy (non-hydrogen) atoms. The molecule has 1 heterocycles. The van der Waals surface area contributed by atoms with Crippen LogP contribution in [0, 0.1) is 3.70 Å². The molecule has 0 amide bonds. The van der Waals surface area contributed by atoms with Gasteiger partial charge in [0.2, 0.25) is 0 Å². The van der Waals surface area contributed by atoms with E-state index in [2.05, 4.69) is 20.9 Å². The molecule has 0 bridgehead atoms. The molecule has 0 aromatic carbocycles. The van der Waals surface area contributed by atoms with Crippen molar-refractivity contribution in [2.75, 3.05) is 6.61 Å². The number of aromatic nitrogens is 1. The average molecular weight is 374 g/mol. The summed E-state index contributed by atoms with van der Waals surface area (Å²) < 4.78 is 6.22. The predicted octanol–water partition coefficient (Wildman–Crippen LogP) is 1.91. The van der Waals surface area contributed by atoms with Gasteiger partial charge in [-0.25, -0.2) is 4.98 Å².